The van der Waals surface area contributed by atoms with Gasteiger partial charge in [0, 0.05) is 12.1 Å². The fourth-order valence-electron chi connectivity index (χ4n) is 1.87. The monoisotopic (exact) mass is 270 g/mol. The molecule has 0 aliphatic rings. The molecule has 104 valence electrons. The molecule has 0 aliphatic heterocycles. The third-order valence-electron chi connectivity index (χ3n) is 3.02. The van der Waals surface area contributed by atoms with Gasteiger partial charge in [0.2, 0.25) is 0 Å². The molecule has 0 saturated heterocycles. The molecule has 0 radical (unpaired) electrons. The highest BCUT2D eigenvalue weighted by molar-refractivity contribution is 5.86. The first-order chi connectivity index (χ1) is 9.58. The van der Waals surface area contributed by atoms with E-state index in [1.165, 1.54) is 5.56 Å². The molecule has 0 bridgehead atoms. The summed E-state index contributed by atoms with van der Waals surface area (Å²) in [6.07, 6.45) is 1.74. The van der Waals surface area contributed by atoms with Crippen molar-refractivity contribution in [2.24, 2.45) is 0 Å². The summed E-state index contributed by atoms with van der Waals surface area (Å²) < 4.78 is 7.22. The van der Waals surface area contributed by atoms with Crippen molar-refractivity contribution >= 4 is 5.97 Å². The fourth-order valence-corrected chi connectivity index (χ4v) is 1.87. The van der Waals surface area contributed by atoms with Crippen LogP contribution in [0.15, 0.2) is 48.7 Å². The molecular formula is C16H18N2O2. The van der Waals surface area contributed by atoms with Crippen molar-refractivity contribution < 1.29 is 9.53 Å². The Balaban J connectivity index is 2.11. The second kappa shape index (κ2) is 6.19. The van der Waals surface area contributed by atoms with Crippen LogP contribution in [0, 0.1) is 6.92 Å². The summed E-state index contributed by atoms with van der Waals surface area (Å²) >= 11 is 0. The van der Waals surface area contributed by atoms with Gasteiger partial charge in [0.1, 0.15) is 12.4 Å². The summed E-state index contributed by atoms with van der Waals surface area (Å²) in [4.78, 5) is 15.7. The van der Waals surface area contributed by atoms with E-state index in [0.717, 1.165) is 11.5 Å². The van der Waals surface area contributed by atoms with E-state index in [1.807, 2.05) is 29.7 Å². The second-order valence-corrected chi connectivity index (χ2v) is 4.72. The van der Waals surface area contributed by atoms with Gasteiger partial charge in [0.25, 0.3) is 0 Å². The van der Waals surface area contributed by atoms with Gasteiger partial charge in [-0.2, -0.15) is 0 Å². The van der Waals surface area contributed by atoms with Gasteiger partial charge in [-0.25, -0.2) is 9.78 Å². The zero-order valence-electron chi connectivity index (χ0n) is 11.8. The van der Waals surface area contributed by atoms with Crippen LogP contribution in [-0.2, 0) is 22.7 Å². The van der Waals surface area contributed by atoms with E-state index in [-0.39, 0.29) is 12.6 Å². The van der Waals surface area contributed by atoms with Gasteiger partial charge >= 0.3 is 5.97 Å². The SMILES string of the molecule is C=C(C)C(=O)OCc1cnc(C)n1Cc1ccccc1. The molecule has 0 spiro atoms. The number of hydrogen-bond acceptors (Lipinski definition) is 3. The lowest BCUT2D eigenvalue weighted by Crippen LogP contribution is -2.11. The molecule has 0 amide bonds. The number of nitrogens with zero attached hydrogens (tertiary/aromatic N) is 2. The van der Waals surface area contributed by atoms with E-state index >= 15 is 0 Å². The molecule has 2 aromatic rings. The molecule has 1 aromatic heterocycles. The van der Waals surface area contributed by atoms with Crippen LogP contribution in [0.1, 0.15) is 24.0 Å². The van der Waals surface area contributed by atoms with Crippen LogP contribution < -0.4 is 0 Å². The maximum atomic E-state index is 11.4. The summed E-state index contributed by atoms with van der Waals surface area (Å²) in [6.45, 7) is 8.06. The fraction of sp³-hybridized carbons (Fsp3) is 0.250. The predicted octanol–water partition coefficient (Wildman–Crippen LogP) is 2.86. The number of imidazole rings is 1. The van der Waals surface area contributed by atoms with Crippen molar-refractivity contribution in [3.63, 3.8) is 0 Å². The Morgan fingerprint density at radius 1 is 1.35 bits per heavy atom. The first kappa shape index (κ1) is 14.1. The number of esters is 1. The van der Waals surface area contributed by atoms with Crippen LogP contribution >= 0.6 is 0 Å². The average molecular weight is 270 g/mol. The molecule has 4 heteroatoms. The molecule has 0 unspecified atom stereocenters. The van der Waals surface area contributed by atoms with Crippen molar-refractivity contribution in [1.29, 1.82) is 0 Å². The Morgan fingerprint density at radius 2 is 2.05 bits per heavy atom. The minimum absolute atomic E-state index is 0.208. The Kier molecular flexibility index (Phi) is 4.35. The molecule has 1 heterocycles. The summed E-state index contributed by atoms with van der Waals surface area (Å²) in [6, 6.07) is 10.1. The van der Waals surface area contributed by atoms with E-state index < -0.39 is 0 Å². The Labute approximate surface area is 118 Å². The number of rotatable bonds is 5. The predicted molar refractivity (Wildman–Crippen MR) is 77.1 cm³/mol. The van der Waals surface area contributed by atoms with E-state index in [1.54, 1.807) is 13.1 Å². The minimum atomic E-state index is -0.380. The van der Waals surface area contributed by atoms with Crippen LogP contribution in [-0.4, -0.2) is 15.5 Å². The molecule has 2 rings (SSSR count). The van der Waals surface area contributed by atoms with Crippen LogP contribution in [0.5, 0.6) is 0 Å². The smallest absolute Gasteiger partial charge is 0.333 e. The van der Waals surface area contributed by atoms with Crippen molar-refractivity contribution in [1.82, 2.24) is 9.55 Å². The number of aromatic nitrogens is 2. The summed E-state index contributed by atoms with van der Waals surface area (Å²) in [5, 5.41) is 0. The molecule has 20 heavy (non-hydrogen) atoms. The first-order valence-electron chi connectivity index (χ1n) is 6.45. The zero-order valence-corrected chi connectivity index (χ0v) is 11.8. The molecule has 0 N–H and O–H groups in total. The maximum Gasteiger partial charge on any atom is 0.333 e. The number of ether oxygens (including phenoxy) is 1. The largest absolute Gasteiger partial charge is 0.456 e. The quantitative estimate of drug-likeness (QED) is 0.620. The third-order valence-corrected chi connectivity index (χ3v) is 3.02. The normalized spacial score (nSPS) is 10.3. The Morgan fingerprint density at radius 3 is 2.70 bits per heavy atom. The lowest BCUT2D eigenvalue weighted by molar-refractivity contribution is -0.140. The number of hydrogen-bond donors (Lipinski definition) is 0. The highest BCUT2D eigenvalue weighted by atomic mass is 16.5. The van der Waals surface area contributed by atoms with Crippen molar-refractivity contribution in [2.75, 3.05) is 0 Å². The first-order valence-corrected chi connectivity index (χ1v) is 6.45. The number of carbonyl (C=O) groups is 1. The van der Waals surface area contributed by atoms with Crippen LogP contribution in [0.3, 0.4) is 0 Å². The molecule has 1 aromatic carbocycles. The Hall–Kier alpha value is -2.36. The third kappa shape index (κ3) is 3.35. The molecular weight excluding hydrogens is 252 g/mol. The van der Waals surface area contributed by atoms with Gasteiger partial charge < -0.3 is 9.30 Å². The van der Waals surface area contributed by atoms with E-state index in [2.05, 4.69) is 23.7 Å². The van der Waals surface area contributed by atoms with Gasteiger partial charge in [0.05, 0.1) is 11.9 Å². The summed E-state index contributed by atoms with van der Waals surface area (Å²) in [5.41, 5.74) is 2.46. The molecule has 0 aliphatic carbocycles. The Bertz CT molecular complexity index is 615. The van der Waals surface area contributed by atoms with E-state index in [0.29, 0.717) is 12.1 Å². The second-order valence-electron chi connectivity index (χ2n) is 4.72. The van der Waals surface area contributed by atoms with Crippen molar-refractivity contribution in [3.05, 3.63) is 65.8 Å². The lowest BCUT2D eigenvalue weighted by Gasteiger charge is -2.11. The highest BCUT2D eigenvalue weighted by Crippen LogP contribution is 2.11. The summed E-state index contributed by atoms with van der Waals surface area (Å²) in [5.74, 6) is 0.519. The van der Waals surface area contributed by atoms with Gasteiger partial charge in [-0.3, -0.25) is 0 Å². The van der Waals surface area contributed by atoms with Gasteiger partial charge in [0.15, 0.2) is 0 Å². The van der Waals surface area contributed by atoms with E-state index in [4.69, 9.17) is 4.74 Å². The topological polar surface area (TPSA) is 44.1 Å². The molecule has 4 nitrogen and oxygen atoms in total. The summed E-state index contributed by atoms with van der Waals surface area (Å²) in [7, 11) is 0. The molecule has 0 fully saturated rings. The van der Waals surface area contributed by atoms with Gasteiger partial charge in [-0.15, -0.1) is 0 Å². The standard InChI is InChI=1S/C16H18N2O2/c1-12(2)16(19)20-11-15-9-17-13(3)18(15)10-14-7-5-4-6-8-14/h4-9H,1,10-11H2,2-3H3. The van der Waals surface area contributed by atoms with Crippen LogP contribution in [0.4, 0.5) is 0 Å². The molecule has 0 saturated carbocycles. The molecule has 0 atom stereocenters. The number of aryl methyl sites for hydroxylation is 1. The highest BCUT2D eigenvalue weighted by Gasteiger charge is 2.10. The van der Waals surface area contributed by atoms with Gasteiger partial charge in [-0.05, 0) is 19.4 Å². The maximum absolute atomic E-state index is 11.4. The minimum Gasteiger partial charge on any atom is -0.456 e. The number of benzene rings is 1. The lowest BCUT2D eigenvalue weighted by atomic mass is 10.2. The zero-order chi connectivity index (χ0) is 14.5. The van der Waals surface area contributed by atoms with Crippen molar-refractivity contribution in [2.45, 2.75) is 27.0 Å². The number of carbonyl (C=O) groups excluding carboxylic acids is 1. The van der Waals surface area contributed by atoms with Crippen LogP contribution in [0.2, 0.25) is 0 Å². The van der Waals surface area contributed by atoms with Crippen LogP contribution in [0.25, 0.3) is 0 Å². The van der Waals surface area contributed by atoms with E-state index in [9.17, 15) is 4.79 Å². The van der Waals surface area contributed by atoms with Crippen molar-refractivity contribution in [3.8, 4) is 0 Å². The average Bonchev–Trinajstić information content (AvgIpc) is 2.78. The van der Waals surface area contributed by atoms with Gasteiger partial charge in [-0.1, -0.05) is 36.9 Å².